The molecule has 1 saturated heterocycles. The maximum atomic E-state index is 14.8. The number of amides is 1. The van der Waals surface area contributed by atoms with E-state index in [0.29, 0.717) is 24.0 Å². The van der Waals surface area contributed by atoms with Gasteiger partial charge in [-0.15, -0.1) is 0 Å². The molecule has 1 unspecified atom stereocenters. The number of carbonyl (C=O) groups is 1. The highest BCUT2D eigenvalue weighted by atomic mass is 32.2. The number of fused-ring (bicyclic) bond motifs is 2. The number of carbonyl (C=O) groups excluding carboxylic acids is 1. The molecule has 8 nitrogen and oxygen atoms in total. The first-order chi connectivity index (χ1) is 19.0. The van der Waals surface area contributed by atoms with Crippen LogP contribution in [0.1, 0.15) is 12.5 Å². The normalized spacial score (nSPS) is 16.0. The summed E-state index contributed by atoms with van der Waals surface area (Å²) >= 11 is 1.17. The standard InChI is InChI=1S/C29H27FN4O4S/c1-19(27(35)33-14-12-32(13-15-33)17-20-10-11-25-26(16-20)38-18-37-25)39-29-31-23-8-4-2-6-21(23)28(36)34(29)24-9-5-3-7-22(24)30/h2-11,16,19H,12-15,17-18H2,1H3. The largest absolute Gasteiger partial charge is 0.454 e. The Morgan fingerprint density at radius 1 is 1.00 bits per heavy atom. The first-order valence-electron chi connectivity index (χ1n) is 12.8. The average molecular weight is 547 g/mol. The van der Waals surface area contributed by atoms with Crippen LogP contribution in [0.4, 0.5) is 4.39 Å². The van der Waals surface area contributed by atoms with Gasteiger partial charge in [0.15, 0.2) is 16.7 Å². The van der Waals surface area contributed by atoms with Crippen molar-refractivity contribution >= 4 is 28.6 Å². The third kappa shape index (κ3) is 5.09. The van der Waals surface area contributed by atoms with Crippen LogP contribution in [0.5, 0.6) is 11.5 Å². The quantitative estimate of drug-likeness (QED) is 0.267. The van der Waals surface area contributed by atoms with Gasteiger partial charge >= 0.3 is 0 Å². The number of halogens is 1. The zero-order valence-electron chi connectivity index (χ0n) is 21.4. The van der Waals surface area contributed by atoms with Crippen LogP contribution in [0.2, 0.25) is 0 Å². The first kappa shape index (κ1) is 25.4. The lowest BCUT2D eigenvalue weighted by Crippen LogP contribution is -2.50. The SMILES string of the molecule is CC(Sc1nc2ccccc2c(=O)n1-c1ccccc1F)C(=O)N1CCN(Cc2ccc3c(c2)OCO3)CC1. The van der Waals surface area contributed by atoms with Crippen molar-refractivity contribution in [2.24, 2.45) is 0 Å². The van der Waals surface area contributed by atoms with E-state index in [-0.39, 0.29) is 29.1 Å². The fourth-order valence-electron chi connectivity index (χ4n) is 4.93. The van der Waals surface area contributed by atoms with E-state index in [1.807, 2.05) is 23.1 Å². The molecule has 3 aromatic carbocycles. The van der Waals surface area contributed by atoms with Crippen molar-refractivity contribution in [3.05, 3.63) is 88.5 Å². The molecule has 2 aliphatic heterocycles. The second-order valence-electron chi connectivity index (χ2n) is 9.55. The Bertz CT molecular complexity index is 1600. The van der Waals surface area contributed by atoms with Crippen molar-refractivity contribution in [2.45, 2.75) is 23.9 Å². The van der Waals surface area contributed by atoms with E-state index in [0.717, 1.165) is 36.7 Å². The van der Waals surface area contributed by atoms with Crippen molar-refractivity contribution in [3.8, 4) is 17.2 Å². The van der Waals surface area contributed by atoms with Gasteiger partial charge in [0.25, 0.3) is 5.56 Å². The Balaban J connectivity index is 1.17. The van der Waals surface area contributed by atoms with Crippen LogP contribution in [0, 0.1) is 5.82 Å². The minimum Gasteiger partial charge on any atom is -0.454 e. The highest BCUT2D eigenvalue weighted by Crippen LogP contribution is 2.33. The van der Waals surface area contributed by atoms with Crippen LogP contribution >= 0.6 is 11.8 Å². The summed E-state index contributed by atoms with van der Waals surface area (Å²) in [6.45, 7) is 5.50. The molecule has 6 rings (SSSR count). The zero-order chi connectivity index (χ0) is 26.9. The lowest BCUT2D eigenvalue weighted by molar-refractivity contribution is -0.132. The van der Waals surface area contributed by atoms with Gasteiger partial charge in [-0.1, -0.05) is 42.1 Å². The molecular weight excluding hydrogens is 519 g/mol. The second kappa shape index (κ2) is 10.7. The van der Waals surface area contributed by atoms with Gasteiger partial charge in [-0.25, -0.2) is 9.37 Å². The number of benzene rings is 3. The molecule has 2 aliphatic rings. The Morgan fingerprint density at radius 2 is 1.74 bits per heavy atom. The molecule has 1 aromatic heterocycles. The average Bonchev–Trinajstić information content (AvgIpc) is 3.42. The number of piperazine rings is 1. The summed E-state index contributed by atoms with van der Waals surface area (Å²) in [7, 11) is 0. The molecule has 1 fully saturated rings. The van der Waals surface area contributed by atoms with Crippen molar-refractivity contribution in [1.82, 2.24) is 19.4 Å². The Labute approximate surface area is 229 Å². The summed E-state index contributed by atoms with van der Waals surface area (Å²) in [5.74, 6) is 0.964. The fourth-order valence-corrected chi connectivity index (χ4v) is 5.93. The van der Waals surface area contributed by atoms with Crippen LogP contribution < -0.4 is 15.0 Å². The molecule has 0 spiro atoms. The highest BCUT2D eigenvalue weighted by Gasteiger charge is 2.28. The molecule has 0 radical (unpaired) electrons. The van der Waals surface area contributed by atoms with E-state index < -0.39 is 11.1 Å². The first-order valence-corrected chi connectivity index (χ1v) is 13.7. The molecule has 10 heteroatoms. The van der Waals surface area contributed by atoms with E-state index in [2.05, 4.69) is 9.88 Å². The summed E-state index contributed by atoms with van der Waals surface area (Å²) in [4.78, 5) is 35.7. The number of hydrogen-bond donors (Lipinski definition) is 0. The minimum atomic E-state index is -0.531. The van der Waals surface area contributed by atoms with Crippen LogP contribution in [0.25, 0.3) is 16.6 Å². The molecule has 1 atom stereocenters. The summed E-state index contributed by atoms with van der Waals surface area (Å²) in [5.41, 5.74) is 1.39. The van der Waals surface area contributed by atoms with Gasteiger partial charge < -0.3 is 14.4 Å². The van der Waals surface area contributed by atoms with E-state index >= 15 is 0 Å². The van der Waals surface area contributed by atoms with Gasteiger partial charge in [-0.3, -0.25) is 19.1 Å². The molecule has 4 aromatic rings. The second-order valence-corrected chi connectivity index (χ2v) is 10.9. The molecule has 39 heavy (non-hydrogen) atoms. The van der Waals surface area contributed by atoms with Crippen LogP contribution in [-0.2, 0) is 11.3 Å². The summed E-state index contributed by atoms with van der Waals surface area (Å²) in [6.07, 6.45) is 0. The summed E-state index contributed by atoms with van der Waals surface area (Å²) < 4.78 is 26.9. The molecule has 0 N–H and O–H groups in total. The fraction of sp³-hybridized carbons (Fsp3) is 0.276. The lowest BCUT2D eigenvalue weighted by atomic mass is 10.1. The van der Waals surface area contributed by atoms with Gasteiger partial charge in [-0.2, -0.15) is 0 Å². The number of para-hydroxylation sites is 2. The van der Waals surface area contributed by atoms with Crippen LogP contribution in [0.15, 0.2) is 76.7 Å². The third-order valence-electron chi connectivity index (χ3n) is 7.00. The number of thioether (sulfide) groups is 1. The van der Waals surface area contributed by atoms with Crippen LogP contribution in [0.3, 0.4) is 0 Å². The monoisotopic (exact) mass is 546 g/mol. The maximum absolute atomic E-state index is 14.8. The zero-order valence-corrected chi connectivity index (χ0v) is 22.2. The highest BCUT2D eigenvalue weighted by molar-refractivity contribution is 8.00. The third-order valence-corrected chi connectivity index (χ3v) is 8.04. The topological polar surface area (TPSA) is 76.9 Å². The minimum absolute atomic E-state index is 0.0368. The molecule has 3 heterocycles. The number of aromatic nitrogens is 2. The predicted molar refractivity (Wildman–Crippen MR) is 147 cm³/mol. The van der Waals surface area contributed by atoms with Crippen molar-refractivity contribution in [3.63, 3.8) is 0 Å². The number of nitrogens with zero attached hydrogens (tertiary/aromatic N) is 4. The summed E-state index contributed by atoms with van der Waals surface area (Å²) in [5, 5.41) is 0.158. The lowest BCUT2D eigenvalue weighted by Gasteiger charge is -2.36. The molecule has 0 aliphatic carbocycles. The molecular formula is C29H27FN4O4S. The number of ether oxygens (including phenoxy) is 2. The van der Waals surface area contributed by atoms with Crippen molar-refractivity contribution in [2.75, 3.05) is 33.0 Å². The summed E-state index contributed by atoms with van der Waals surface area (Å²) in [6, 6.07) is 19.0. The van der Waals surface area contributed by atoms with Crippen molar-refractivity contribution in [1.29, 1.82) is 0 Å². The molecule has 0 bridgehead atoms. The molecule has 200 valence electrons. The maximum Gasteiger partial charge on any atom is 0.266 e. The van der Waals surface area contributed by atoms with Gasteiger partial charge in [0.1, 0.15) is 5.82 Å². The van der Waals surface area contributed by atoms with Gasteiger partial charge in [0.2, 0.25) is 12.7 Å². The number of rotatable bonds is 6. The van der Waals surface area contributed by atoms with E-state index in [1.54, 1.807) is 49.4 Å². The van der Waals surface area contributed by atoms with E-state index in [1.165, 1.54) is 22.4 Å². The Hall–Kier alpha value is -3.89. The molecule has 1 amide bonds. The Kier molecular flexibility index (Phi) is 6.97. The van der Waals surface area contributed by atoms with Gasteiger partial charge in [0, 0.05) is 32.7 Å². The number of hydrogen-bond acceptors (Lipinski definition) is 7. The van der Waals surface area contributed by atoms with E-state index in [4.69, 9.17) is 9.47 Å². The van der Waals surface area contributed by atoms with Crippen molar-refractivity contribution < 1.29 is 18.7 Å². The molecule has 0 saturated carbocycles. The smallest absolute Gasteiger partial charge is 0.266 e. The Morgan fingerprint density at radius 3 is 2.56 bits per heavy atom. The predicted octanol–water partition coefficient (Wildman–Crippen LogP) is 4.08. The van der Waals surface area contributed by atoms with Crippen LogP contribution in [-0.4, -0.2) is 63.5 Å². The van der Waals surface area contributed by atoms with Gasteiger partial charge in [-0.05, 0) is 48.9 Å². The van der Waals surface area contributed by atoms with E-state index in [9.17, 15) is 14.0 Å². The van der Waals surface area contributed by atoms with Gasteiger partial charge in [0.05, 0.1) is 21.8 Å².